The van der Waals surface area contributed by atoms with Crippen molar-refractivity contribution in [3.63, 3.8) is 0 Å². The molecule has 2 aromatic carbocycles. The molecule has 3 aromatic rings. The summed E-state index contributed by atoms with van der Waals surface area (Å²) in [5.41, 5.74) is 3.63. The van der Waals surface area contributed by atoms with E-state index in [4.69, 9.17) is 4.74 Å². The van der Waals surface area contributed by atoms with E-state index in [0.29, 0.717) is 24.8 Å². The van der Waals surface area contributed by atoms with Gasteiger partial charge in [-0.1, -0.05) is 68.9 Å². The van der Waals surface area contributed by atoms with Crippen molar-refractivity contribution in [2.75, 3.05) is 12.8 Å². The molecule has 7 heteroatoms. The van der Waals surface area contributed by atoms with E-state index in [1.54, 1.807) is 4.90 Å². The molecule has 0 aliphatic carbocycles. The van der Waals surface area contributed by atoms with Gasteiger partial charge in [0.15, 0.2) is 11.0 Å². The molecule has 1 aromatic heterocycles. The van der Waals surface area contributed by atoms with Crippen LogP contribution in [0.1, 0.15) is 43.3 Å². The predicted octanol–water partition coefficient (Wildman–Crippen LogP) is 5.13. The highest BCUT2D eigenvalue weighted by Gasteiger charge is 2.17. The fourth-order valence-electron chi connectivity index (χ4n) is 3.42. The van der Waals surface area contributed by atoms with Crippen LogP contribution < -0.4 is 4.74 Å². The number of hydrogen-bond donors (Lipinski definition) is 0. The third kappa shape index (κ3) is 7.09. The zero-order valence-corrected chi connectivity index (χ0v) is 21.1. The lowest BCUT2D eigenvalue weighted by molar-refractivity contribution is -0.127. The number of carbonyl (C=O) groups excluding carboxylic acids is 1. The lowest BCUT2D eigenvalue weighted by atomic mass is 10.1. The van der Waals surface area contributed by atoms with Crippen molar-refractivity contribution in [2.45, 2.75) is 59.0 Å². The molecule has 0 N–H and O–H groups in total. The third-order valence-corrected chi connectivity index (χ3v) is 6.41. The van der Waals surface area contributed by atoms with Crippen LogP contribution in [0.4, 0.5) is 0 Å². The van der Waals surface area contributed by atoms with Crippen molar-refractivity contribution < 1.29 is 9.53 Å². The van der Waals surface area contributed by atoms with Gasteiger partial charge in [0.1, 0.15) is 12.4 Å². The number of benzene rings is 2. The Balaban J connectivity index is 1.62. The van der Waals surface area contributed by atoms with Crippen LogP contribution >= 0.6 is 11.8 Å². The maximum Gasteiger partial charge on any atom is 0.233 e. The van der Waals surface area contributed by atoms with Gasteiger partial charge in [0.05, 0.1) is 5.75 Å². The first-order chi connectivity index (χ1) is 15.9. The first-order valence-corrected chi connectivity index (χ1v) is 12.4. The molecule has 1 heterocycles. The summed E-state index contributed by atoms with van der Waals surface area (Å²) in [6, 6.07) is 16.3. The Morgan fingerprint density at radius 1 is 1.12 bits per heavy atom. The number of rotatable bonds is 11. The summed E-state index contributed by atoms with van der Waals surface area (Å²) in [6.45, 7) is 10.2. The second-order valence-corrected chi connectivity index (χ2v) is 9.60. The van der Waals surface area contributed by atoms with Gasteiger partial charge < -0.3 is 14.2 Å². The first-order valence-electron chi connectivity index (χ1n) is 11.4. The van der Waals surface area contributed by atoms with Crippen molar-refractivity contribution in [1.82, 2.24) is 19.7 Å². The largest absolute Gasteiger partial charge is 0.486 e. The summed E-state index contributed by atoms with van der Waals surface area (Å²) in [4.78, 5) is 14.5. The molecule has 0 saturated heterocycles. The van der Waals surface area contributed by atoms with E-state index >= 15 is 0 Å². The second-order valence-electron chi connectivity index (χ2n) is 8.65. The van der Waals surface area contributed by atoms with Gasteiger partial charge in [-0.25, -0.2) is 0 Å². The Labute approximate surface area is 201 Å². The molecular weight excluding hydrogens is 432 g/mol. The highest BCUT2D eigenvalue weighted by atomic mass is 32.2. The van der Waals surface area contributed by atoms with E-state index in [1.165, 1.54) is 22.9 Å². The summed E-state index contributed by atoms with van der Waals surface area (Å²) in [5, 5.41) is 9.48. The Bertz CT molecular complexity index is 1050. The average Bonchev–Trinajstić information content (AvgIpc) is 3.18. The molecule has 33 heavy (non-hydrogen) atoms. The molecular formula is C26H34N4O2S. The SMILES string of the molecule is CCc1ccc(OCc2nnc(SCC(=O)N(C)Cc3ccccc3C)n2CC(C)C)cc1. The van der Waals surface area contributed by atoms with Crippen LogP contribution in [0.15, 0.2) is 53.7 Å². The van der Waals surface area contributed by atoms with Crippen molar-refractivity contribution in [3.05, 3.63) is 71.0 Å². The number of ether oxygens (including phenoxy) is 1. The molecule has 0 spiro atoms. The van der Waals surface area contributed by atoms with Crippen LogP contribution in [0, 0.1) is 12.8 Å². The molecule has 176 valence electrons. The summed E-state index contributed by atoms with van der Waals surface area (Å²) in [5.74, 6) is 2.39. The lowest BCUT2D eigenvalue weighted by Crippen LogP contribution is -2.28. The number of carbonyl (C=O) groups is 1. The van der Waals surface area contributed by atoms with Crippen LogP contribution in [0.5, 0.6) is 5.75 Å². The van der Waals surface area contributed by atoms with E-state index in [9.17, 15) is 4.79 Å². The highest BCUT2D eigenvalue weighted by molar-refractivity contribution is 7.99. The molecule has 0 atom stereocenters. The van der Waals surface area contributed by atoms with Gasteiger partial charge in [-0.15, -0.1) is 10.2 Å². The minimum absolute atomic E-state index is 0.0659. The minimum atomic E-state index is 0.0659. The van der Waals surface area contributed by atoms with Crippen molar-refractivity contribution in [2.24, 2.45) is 5.92 Å². The van der Waals surface area contributed by atoms with Gasteiger partial charge in [-0.3, -0.25) is 4.79 Å². The molecule has 0 saturated carbocycles. The van der Waals surface area contributed by atoms with E-state index < -0.39 is 0 Å². The van der Waals surface area contributed by atoms with Crippen molar-refractivity contribution in [3.8, 4) is 5.75 Å². The number of aryl methyl sites for hydroxylation is 2. The maximum absolute atomic E-state index is 12.8. The summed E-state index contributed by atoms with van der Waals surface area (Å²) >= 11 is 1.43. The molecule has 3 rings (SSSR count). The highest BCUT2D eigenvalue weighted by Crippen LogP contribution is 2.21. The molecule has 1 amide bonds. The number of thioether (sulfide) groups is 1. The normalized spacial score (nSPS) is 11.1. The van der Waals surface area contributed by atoms with E-state index in [-0.39, 0.29) is 5.91 Å². The van der Waals surface area contributed by atoms with Crippen molar-refractivity contribution in [1.29, 1.82) is 0 Å². The van der Waals surface area contributed by atoms with Crippen LogP contribution in [0.2, 0.25) is 0 Å². The van der Waals surface area contributed by atoms with Gasteiger partial charge in [-0.2, -0.15) is 0 Å². The number of amides is 1. The standard InChI is InChI=1S/C26H34N4O2S/c1-6-21-11-13-23(14-12-21)32-17-24-27-28-26(30(24)15-19(2)3)33-18-25(31)29(5)16-22-10-8-7-9-20(22)4/h7-14,19H,6,15-18H2,1-5H3. The van der Waals surface area contributed by atoms with Gasteiger partial charge in [-0.05, 0) is 48.1 Å². The molecule has 0 radical (unpaired) electrons. The summed E-state index contributed by atoms with van der Waals surface area (Å²) < 4.78 is 8.03. The quantitative estimate of drug-likeness (QED) is 0.367. The predicted molar refractivity (Wildman–Crippen MR) is 133 cm³/mol. The Morgan fingerprint density at radius 3 is 2.52 bits per heavy atom. The Kier molecular flexibility index (Phi) is 8.95. The molecule has 0 unspecified atom stereocenters. The first kappa shape index (κ1) is 24.8. The number of nitrogens with zero attached hydrogens (tertiary/aromatic N) is 4. The van der Waals surface area contributed by atoms with Gasteiger partial charge >= 0.3 is 0 Å². The van der Waals surface area contributed by atoms with Crippen molar-refractivity contribution >= 4 is 17.7 Å². The lowest BCUT2D eigenvalue weighted by Gasteiger charge is -2.18. The average molecular weight is 467 g/mol. The number of hydrogen-bond acceptors (Lipinski definition) is 5. The van der Waals surface area contributed by atoms with E-state index in [1.807, 2.05) is 31.3 Å². The fraction of sp³-hybridized carbons (Fsp3) is 0.423. The Morgan fingerprint density at radius 2 is 1.85 bits per heavy atom. The maximum atomic E-state index is 12.8. The molecule has 0 aliphatic rings. The van der Waals surface area contributed by atoms with Crippen LogP contribution in [0.25, 0.3) is 0 Å². The summed E-state index contributed by atoms with van der Waals surface area (Å²) in [7, 11) is 1.84. The minimum Gasteiger partial charge on any atom is -0.486 e. The van der Waals surface area contributed by atoms with E-state index in [0.717, 1.165) is 35.3 Å². The van der Waals surface area contributed by atoms with Gasteiger partial charge in [0.2, 0.25) is 5.91 Å². The van der Waals surface area contributed by atoms with E-state index in [2.05, 4.69) is 66.7 Å². The zero-order valence-electron chi connectivity index (χ0n) is 20.2. The van der Waals surface area contributed by atoms with Gasteiger partial charge in [0, 0.05) is 20.1 Å². The molecule has 0 bridgehead atoms. The zero-order chi connectivity index (χ0) is 23.8. The molecule has 0 aliphatic heterocycles. The topological polar surface area (TPSA) is 60.3 Å². The van der Waals surface area contributed by atoms with Crippen LogP contribution in [0.3, 0.4) is 0 Å². The Hall–Kier alpha value is -2.80. The second kappa shape index (κ2) is 11.9. The number of aromatic nitrogens is 3. The fourth-order valence-corrected chi connectivity index (χ4v) is 4.33. The third-order valence-electron chi connectivity index (χ3n) is 5.46. The smallest absolute Gasteiger partial charge is 0.233 e. The monoisotopic (exact) mass is 466 g/mol. The van der Waals surface area contributed by atoms with Crippen LogP contribution in [-0.4, -0.2) is 38.4 Å². The summed E-state index contributed by atoms with van der Waals surface area (Å²) in [6.07, 6.45) is 1.00. The molecule has 0 fully saturated rings. The molecule has 6 nitrogen and oxygen atoms in total. The van der Waals surface area contributed by atoms with Crippen LogP contribution in [-0.2, 0) is 30.9 Å². The van der Waals surface area contributed by atoms with Gasteiger partial charge in [0.25, 0.3) is 0 Å².